The van der Waals surface area contributed by atoms with Crippen LogP contribution in [-0.2, 0) is 22.5 Å². The fourth-order valence-electron chi connectivity index (χ4n) is 3.57. The minimum Gasteiger partial charge on any atom is -0.378 e. The number of H-pyrrole nitrogens is 1. The maximum absolute atomic E-state index is 12.6. The molecule has 2 amide bonds. The number of aromatic amines is 1. The van der Waals surface area contributed by atoms with E-state index in [-0.39, 0.29) is 18.4 Å². The highest BCUT2D eigenvalue weighted by Crippen LogP contribution is 2.17. The molecule has 8 heteroatoms. The van der Waals surface area contributed by atoms with Gasteiger partial charge >= 0.3 is 0 Å². The van der Waals surface area contributed by atoms with Crippen LogP contribution in [0.2, 0.25) is 0 Å². The lowest BCUT2D eigenvalue weighted by atomic mass is 10.1. The van der Waals surface area contributed by atoms with Gasteiger partial charge in [0.15, 0.2) is 5.69 Å². The van der Waals surface area contributed by atoms with Crippen LogP contribution in [0.1, 0.15) is 21.7 Å². The van der Waals surface area contributed by atoms with Crippen LogP contribution in [0, 0.1) is 6.92 Å². The Bertz CT molecular complexity index is 1020. The summed E-state index contributed by atoms with van der Waals surface area (Å²) >= 11 is 0. The number of carbonyl (C=O) groups excluding carboxylic acids is 2. The Hall–Kier alpha value is -3.13. The Morgan fingerprint density at radius 2 is 2.03 bits per heavy atom. The fraction of sp³-hybridized carbons (Fsp3) is 0.381. The first-order chi connectivity index (χ1) is 14.1. The molecule has 152 valence electrons. The highest BCUT2D eigenvalue weighted by atomic mass is 16.5. The van der Waals surface area contributed by atoms with E-state index in [0.717, 1.165) is 17.6 Å². The Labute approximate surface area is 168 Å². The first-order valence-corrected chi connectivity index (χ1v) is 9.85. The summed E-state index contributed by atoms with van der Waals surface area (Å²) in [6.45, 7) is 4.71. The maximum Gasteiger partial charge on any atom is 0.274 e. The van der Waals surface area contributed by atoms with Gasteiger partial charge in [0, 0.05) is 42.4 Å². The van der Waals surface area contributed by atoms with Crippen LogP contribution in [-0.4, -0.2) is 64.3 Å². The molecule has 4 rings (SSSR count). The Morgan fingerprint density at radius 1 is 1.24 bits per heavy atom. The number of morpholine rings is 1. The number of nitrogens with zero attached hydrogens (tertiary/aromatic N) is 3. The van der Waals surface area contributed by atoms with Crippen LogP contribution in [0.3, 0.4) is 0 Å². The van der Waals surface area contributed by atoms with Gasteiger partial charge in [-0.2, -0.15) is 5.10 Å². The molecule has 0 saturated carbocycles. The van der Waals surface area contributed by atoms with E-state index < -0.39 is 0 Å². The average Bonchev–Trinajstić information content (AvgIpc) is 3.32. The summed E-state index contributed by atoms with van der Waals surface area (Å²) in [7, 11) is 0. The molecule has 0 atom stereocenters. The van der Waals surface area contributed by atoms with Gasteiger partial charge in [0.2, 0.25) is 5.91 Å². The molecule has 0 bridgehead atoms. The summed E-state index contributed by atoms with van der Waals surface area (Å²) in [6, 6.07) is 9.84. The van der Waals surface area contributed by atoms with Crippen molar-refractivity contribution in [3.05, 3.63) is 53.5 Å². The molecular formula is C21H25N5O3. The fourth-order valence-corrected chi connectivity index (χ4v) is 3.57. The molecule has 3 aromatic rings. The van der Waals surface area contributed by atoms with Gasteiger partial charge in [-0.05, 0) is 31.0 Å². The van der Waals surface area contributed by atoms with Crippen molar-refractivity contribution in [1.82, 2.24) is 25.0 Å². The summed E-state index contributed by atoms with van der Waals surface area (Å²) in [5.41, 5.74) is 3.43. The average molecular weight is 395 g/mol. The van der Waals surface area contributed by atoms with E-state index in [4.69, 9.17) is 4.74 Å². The monoisotopic (exact) mass is 395 g/mol. The first kappa shape index (κ1) is 19.2. The van der Waals surface area contributed by atoms with Crippen molar-refractivity contribution >= 4 is 22.7 Å². The summed E-state index contributed by atoms with van der Waals surface area (Å²) < 4.78 is 6.86. The van der Waals surface area contributed by atoms with E-state index in [1.165, 1.54) is 10.9 Å². The summed E-state index contributed by atoms with van der Waals surface area (Å²) in [4.78, 5) is 29.9. The molecule has 2 aromatic heterocycles. The highest BCUT2D eigenvalue weighted by molar-refractivity contribution is 5.92. The Morgan fingerprint density at radius 3 is 2.86 bits per heavy atom. The first-order valence-electron chi connectivity index (χ1n) is 9.85. The number of para-hydroxylation sites is 1. The minimum atomic E-state index is -0.124. The standard InChI is InChI=1S/C21H25N5O3/c1-15-12-19(21(28)25-8-10-29-11-9-25)24-26(15)14-20(27)22-7-6-16-13-23-18-5-3-2-4-17(16)18/h2-5,12-13,23H,6-11,14H2,1H3,(H,22,27). The summed E-state index contributed by atoms with van der Waals surface area (Å²) in [6.07, 6.45) is 2.73. The molecule has 2 N–H and O–H groups in total. The third-order valence-electron chi connectivity index (χ3n) is 5.18. The van der Waals surface area contributed by atoms with Crippen molar-refractivity contribution in [2.24, 2.45) is 0 Å². The van der Waals surface area contributed by atoms with Crippen molar-refractivity contribution in [3.63, 3.8) is 0 Å². The molecule has 3 heterocycles. The number of aromatic nitrogens is 3. The zero-order chi connectivity index (χ0) is 20.2. The van der Waals surface area contributed by atoms with E-state index in [1.54, 1.807) is 15.6 Å². The molecule has 1 saturated heterocycles. The number of rotatable bonds is 6. The smallest absolute Gasteiger partial charge is 0.274 e. The van der Waals surface area contributed by atoms with Crippen molar-refractivity contribution in [1.29, 1.82) is 0 Å². The molecule has 29 heavy (non-hydrogen) atoms. The lowest BCUT2D eigenvalue weighted by Crippen LogP contribution is -2.41. The lowest BCUT2D eigenvalue weighted by molar-refractivity contribution is -0.121. The van der Waals surface area contributed by atoms with Gasteiger partial charge in [0.25, 0.3) is 5.91 Å². The maximum atomic E-state index is 12.6. The second kappa shape index (κ2) is 8.48. The predicted molar refractivity (Wildman–Crippen MR) is 109 cm³/mol. The number of nitrogens with one attached hydrogen (secondary N) is 2. The molecule has 1 aromatic carbocycles. The Kier molecular flexibility index (Phi) is 5.62. The zero-order valence-corrected chi connectivity index (χ0v) is 16.5. The number of hydrogen-bond donors (Lipinski definition) is 2. The van der Waals surface area contributed by atoms with Crippen molar-refractivity contribution < 1.29 is 14.3 Å². The van der Waals surface area contributed by atoms with Crippen LogP contribution in [0.15, 0.2) is 36.5 Å². The van der Waals surface area contributed by atoms with Crippen LogP contribution in [0.4, 0.5) is 0 Å². The molecule has 1 fully saturated rings. The molecule has 8 nitrogen and oxygen atoms in total. The van der Waals surface area contributed by atoms with Gasteiger partial charge in [-0.3, -0.25) is 14.3 Å². The number of amides is 2. The quantitative estimate of drug-likeness (QED) is 0.662. The van der Waals surface area contributed by atoms with Gasteiger partial charge in [0.05, 0.1) is 13.2 Å². The van der Waals surface area contributed by atoms with Gasteiger partial charge in [-0.15, -0.1) is 0 Å². The molecule has 0 radical (unpaired) electrons. The van der Waals surface area contributed by atoms with Crippen LogP contribution in [0.25, 0.3) is 10.9 Å². The molecule has 1 aliphatic heterocycles. The second-order valence-electron chi connectivity index (χ2n) is 7.19. The van der Waals surface area contributed by atoms with E-state index in [9.17, 15) is 9.59 Å². The largest absolute Gasteiger partial charge is 0.378 e. The van der Waals surface area contributed by atoms with Crippen molar-refractivity contribution in [3.8, 4) is 0 Å². The molecular weight excluding hydrogens is 370 g/mol. The number of ether oxygens (including phenoxy) is 1. The number of carbonyl (C=O) groups is 2. The van der Waals surface area contributed by atoms with E-state index in [1.807, 2.05) is 31.3 Å². The minimum absolute atomic E-state index is 0.0934. The second-order valence-corrected chi connectivity index (χ2v) is 7.19. The zero-order valence-electron chi connectivity index (χ0n) is 16.5. The van der Waals surface area contributed by atoms with E-state index in [0.29, 0.717) is 38.5 Å². The number of hydrogen-bond acceptors (Lipinski definition) is 4. The third-order valence-corrected chi connectivity index (χ3v) is 5.18. The summed E-state index contributed by atoms with van der Waals surface area (Å²) in [5, 5.41) is 8.46. The number of aryl methyl sites for hydroxylation is 1. The Balaban J connectivity index is 1.31. The molecule has 0 spiro atoms. The normalized spacial score (nSPS) is 14.3. The SMILES string of the molecule is Cc1cc(C(=O)N2CCOCC2)nn1CC(=O)NCCc1c[nH]c2ccccc12. The number of benzene rings is 1. The summed E-state index contributed by atoms with van der Waals surface area (Å²) in [5.74, 6) is -0.240. The van der Waals surface area contributed by atoms with Crippen LogP contribution >= 0.6 is 0 Å². The van der Waals surface area contributed by atoms with Gasteiger partial charge in [-0.25, -0.2) is 0 Å². The topological polar surface area (TPSA) is 92.2 Å². The van der Waals surface area contributed by atoms with E-state index in [2.05, 4.69) is 21.5 Å². The molecule has 1 aliphatic rings. The predicted octanol–water partition coefficient (Wildman–Crippen LogP) is 1.50. The molecule has 0 aliphatic carbocycles. The van der Waals surface area contributed by atoms with Gasteiger partial charge in [0.1, 0.15) is 6.54 Å². The lowest BCUT2D eigenvalue weighted by Gasteiger charge is -2.25. The highest BCUT2D eigenvalue weighted by Gasteiger charge is 2.22. The van der Waals surface area contributed by atoms with Gasteiger partial charge in [-0.1, -0.05) is 18.2 Å². The van der Waals surface area contributed by atoms with Gasteiger partial charge < -0.3 is 19.9 Å². The number of fused-ring (bicyclic) bond motifs is 1. The van der Waals surface area contributed by atoms with Crippen LogP contribution < -0.4 is 5.32 Å². The van der Waals surface area contributed by atoms with Crippen molar-refractivity contribution in [2.75, 3.05) is 32.8 Å². The van der Waals surface area contributed by atoms with Crippen LogP contribution in [0.5, 0.6) is 0 Å². The molecule has 0 unspecified atom stereocenters. The van der Waals surface area contributed by atoms with Crippen molar-refractivity contribution in [2.45, 2.75) is 19.9 Å². The van der Waals surface area contributed by atoms with E-state index >= 15 is 0 Å². The third kappa shape index (κ3) is 4.32.